The van der Waals surface area contributed by atoms with Crippen LogP contribution < -0.4 is 0 Å². The number of hydrogen-bond donors (Lipinski definition) is 0. The highest BCUT2D eigenvalue weighted by molar-refractivity contribution is 6.70. The summed E-state index contributed by atoms with van der Waals surface area (Å²) < 4.78 is 13.5. The van der Waals surface area contributed by atoms with Crippen molar-refractivity contribution in [3.8, 4) is 0 Å². The van der Waals surface area contributed by atoms with Gasteiger partial charge in [0.05, 0.1) is 12.2 Å². The summed E-state index contributed by atoms with van der Waals surface area (Å²) in [5.74, 6) is 0. The van der Waals surface area contributed by atoms with Crippen LogP contribution in [0.15, 0.2) is 66.8 Å². The highest BCUT2D eigenvalue weighted by Crippen LogP contribution is 2.42. The Kier molecular flexibility index (Phi) is 5.81. The van der Waals surface area contributed by atoms with Crippen LogP contribution in [0.3, 0.4) is 0 Å². The van der Waals surface area contributed by atoms with Crippen molar-refractivity contribution in [1.29, 1.82) is 0 Å². The first-order chi connectivity index (χ1) is 12.5. The Balaban J connectivity index is 2.04. The Morgan fingerprint density at radius 2 is 1.58 bits per heavy atom. The number of hydrogen-bond acceptors (Lipinski definition) is 2. The van der Waals surface area contributed by atoms with E-state index in [1.54, 1.807) is 0 Å². The minimum Gasteiger partial charge on any atom is -0.384 e. The van der Waals surface area contributed by atoms with Crippen molar-refractivity contribution in [2.75, 3.05) is 0 Å². The van der Waals surface area contributed by atoms with E-state index in [0.29, 0.717) is 11.1 Å². The van der Waals surface area contributed by atoms with Crippen molar-refractivity contribution in [2.45, 2.75) is 57.9 Å². The minimum absolute atomic E-state index is 0.0121. The summed E-state index contributed by atoms with van der Waals surface area (Å²) in [6.07, 6.45) is 8.43. The second-order valence-electron chi connectivity index (χ2n) is 7.67. The van der Waals surface area contributed by atoms with Gasteiger partial charge in [-0.3, -0.25) is 0 Å². The van der Waals surface area contributed by atoms with Gasteiger partial charge in [0, 0.05) is 0 Å². The summed E-state index contributed by atoms with van der Waals surface area (Å²) in [5, 5.41) is 2.51. The molecule has 0 fully saturated rings. The number of fused-ring (bicyclic) bond motifs is 1. The first kappa shape index (κ1) is 19.1. The van der Waals surface area contributed by atoms with E-state index in [0.717, 1.165) is 0 Å². The maximum Gasteiger partial charge on any atom is 0.344 e. The number of benzene rings is 2. The molecular formula is C23H30O2Si. The van der Waals surface area contributed by atoms with Crippen LogP contribution >= 0.6 is 0 Å². The van der Waals surface area contributed by atoms with Crippen molar-refractivity contribution in [3.63, 3.8) is 0 Å². The summed E-state index contributed by atoms with van der Waals surface area (Å²) in [7, 11) is -2.42. The Hall–Kier alpha value is -1.68. The van der Waals surface area contributed by atoms with Crippen LogP contribution in [0.25, 0.3) is 10.8 Å². The second kappa shape index (κ2) is 7.91. The molecular weight excluding hydrogens is 336 g/mol. The molecule has 3 heteroatoms. The first-order valence-electron chi connectivity index (χ1n) is 9.61. The average molecular weight is 367 g/mol. The van der Waals surface area contributed by atoms with Crippen LogP contribution in [0.5, 0.6) is 0 Å². The van der Waals surface area contributed by atoms with Crippen LogP contribution in [-0.2, 0) is 8.85 Å². The van der Waals surface area contributed by atoms with Gasteiger partial charge in [-0.2, -0.15) is 0 Å². The van der Waals surface area contributed by atoms with Gasteiger partial charge in [0.1, 0.15) is 0 Å². The number of rotatable bonds is 4. The van der Waals surface area contributed by atoms with E-state index >= 15 is 0 Å². The molecule has 0 saturated carbocycles. The van der Waals surface area contributed by atoms with Crippen LogP contribution in [0.4, 0.5) is 0 Å². The van der Waals surface area contributed by atoms with Crippen LogP contribution in [0, 0.1) is 0 Å². The Labute approximate surface area is 158 Å². The standard InChI is InChI=1S/C23H30O2Si/c1-6-9-22-14-15-23(25-26(24-22,17(2)3)18(4)5)21-13-12-19-10-7-8-11-20(19)16-21/h6-18,22-23H,1-5H3/b9-6+/t22-,23+/m0/s1. The van der Waals surface area contributed by atoms with Gasteiger partial charge in [0.15, 0.2) is 0 Å². The van der Waals surface area contributed by atoms with Crippen molar-refractivity contribution in [1.82, 2.24) is 0 Å². The van der Waals surface area contributed by atoms with Gasteiger partial charge < -0.3 is 8.85 Å². The molecule has 0 unspecified atom stereocenters. The van der Waals surface area contributed by atoms with Crippen LogP contribution in [0.2, 0.25) is 11.1 Å². The molecule has 26 heavy (non-hydrogen) atoms. The van der Waals surface area contributed by atoms with Gasteiger partial charge in [0.2, 0.25) is 0 Å². The molecule has 1 heterocycles. The SMILES string of the molecule is C/C=C/[C@H]1C=C[C@H](c2ccc3ccccc3c2)O[Si](C(C)C)(C(C)C)O1. The molecule has 0 radical (unpaired) electrons. The van der Waals surface area contributed by atoms with Crippen LogP contribution in [0.1, 0.15) is 46.3 Å². The predicted molar refractivity (Wildman–Crippen MR) is 113 cm³/mol. The zero-order valence-corrected chi connectivity index (χ0v) is 17.5. The summed E-state index contributed by atoms with van der Waals surface area (Å²) in [5.41, 5.74) is 1.94. The number of allylic oxidation sites excluding steroid dienone is 1. The molecule has 0 bridgehead atoms. The van der Waals surface area contributed by atoms with E-state index in [4.69, 9.17) is 8.85 Å². The lowest BCUT2D eigenvalue weighted by atomic mass is 10.0. The molecule has 3 rings (SSSR count). The van der Waals surface area contributed by atoms with Gasteiger partial charge in [-0.25, -0.2) is 0 Å². The van der Waals surface area contributed by atoms with Gasteiger partial charge in [-0.05, 0) is 40.4 Å². The molecule has 138 valence electrons. The third kappa shape index (κ3) is 3.71. The molecule has 0 amide bonds. The van der Waals surface area contributed by atoms with Crippen molar-refractivity contribution >= 4 is 19.3 Å². The first-order valence-corrected chi connectivity index (χ1v) is 11.6. The van der Waals surface area contributed by atoms with Crippen LogP contribution in [-0.4, -0.2) is 14.7 Å². The van der Waals surface area contributed by atoms with Gasteiger partial charge in [-0.1, -0.05) is 88.4 Å². The minimum atomic E-state index is -2.42. The van der Waals surface area contributed by atoms with Gasteiger partial charge in [-0.15, -0.1) is 0 Å². The van der Waals surface area contributed by atoms with Gasteiger partial charge >= 0.3 is 8.56 Å². The van der Waals surface area contributed by atoms with E-state index in [-0.39, 0.29) is 12.2 Å². The third-order valence-electron chi connectivity index (χ3n) is 5.20. The molecule has 2 atom stereocenters. The highest BCUT2D eigenvalue weighted by Gasteiger charge is 2.48. The average Bonchev–Trinajstić information content (AvgIpc) is 2.83. The molecule has 0 spiro atoms. The summed E-state index contributed by atoms with van der Waals surface area (Å²) in [6.45, 7) is 11.0. The van der Waals surface area contributed by atoms with E-state index in [1.807, 2.05) is 6.92 Å². The fourth-order valence-electron chi connectivity index (χ4n) is 3.80. The predicted octanol–water partition coefficient (Wildman–Crippen LogP) is 6.69. The maximum atomic E-state index is 6.83. The van der Waals surface area contributed by atoms with E-state index in [1.165, 1.54) is 16.3 Å². The normalized spacial score (nSPS) is 23.2. The molecule has 0 aliphatic carbocycles. The fourth-order valence-corrected chi connectivity index (χ4v) is 7.47. The van der Waals surface area contributed by atoms with Crippen molar-refractivity contribution < 1.29 is 8.85 Å². The Morgan fingerprint density at radius 3 is 2.23 bits per heavy atom. The van der Waals surface area contributed by atoms with E-state index in [2.05, 4.69) is 94.5 Å². The van der Waals surface area contributed by atoms with E-state index in [9.17, 15) is 0 Å². The molecule has 1 aliphatic heterocycles. The zero-order valence-electron chi connectivity index (χ0n) is 16.5. The van der Waals surface area contributed by atoms with Crippen molar-refractivity contribution in [3.05, 3.63) is 72.3 Å². The molecule has 0 aromatic heterocycles. The van der Waals surface area contributed by atoms with Gasteiger partial charge in [0.25, 0.3) is 0 Å². The maximum absolute atomic E-state index is 6.83. The Morgan fingerprint density at radius 1 is 0.885 bits per heavy atom. The smallest absolute Gasteiger partial charge is 0.344 e. The second-order valence-corrected chi connectivity index (χ2v) is 11.9. The molecule has 2 aromatic rings. The monoisotopic (exact) mass is 366 g/mol. The van der Waals surface area contributed by atoms with E-state index < -0.39 is 8.56 Å². The molecule has 2 aromatic carbocycles. The lowest BCUT2D eigenvalue weighted by Crippen LogP contribution is -2.49. The van der Waals surface area contributed by atoms with Crippen molar-refractivity contribution in [2.24, 2.45) is 0 Å². The zero-order chi connectivity index (χ0) is 18.7. The fraction of sp³-hybridized carbons (Fsp3) is 0.391. The Bertz CT molecular complexity index is 799. The summed E-state index contributed by atoms with van der Waals surface area (Å²) >= 11 is 0. The largest absolute Gasteiger partial charge is 0.384 e. The third-order valence-corrected chi connectivity index (χ3v) is 9.68. The molecule has 0 saturated heterocycles. The molecule has 0 N–H and O–H groups in total. The quantitative estimate of drug-likeness (QED) is 0.443. The lowest BCUT2D eigenvalue weighted by molar-refractivity contribution is 0.126. The molecule has 1 aliphatic rings. The summed E-state index contributed by atoms with van der Waals surface area (Å²) in [4.78, 5) is 0. The summed E-state index contributed by atoms with van der Waals surface area (Å²) in [6, 6.07) is 15.1. The highest BCUT2D eigenvalue weighted by atomic mass is 28.4. The molecule has 2 nitrogen and oxygen atoms in total. The topological polar surface area (TPSA) is 18.5 Å². The lowest BCUT2D eigenvalue weighted by Gasteiger charge is -2.39.